The number of aryl methyl sites for hydroxylation is 2. The summed E-state index contributed by atoms with van der Waals surface area (Å²) in [5.74, 6) is -1.21. The Morgan fingerprint density at radius 2 is 1.97 bits per heavy atom. The Morgan fingerprint density at radius 1 is 1.21 bits per heavy atom. The monoisotopic (exact) mass is 474 g/mol. The highest BCUT2D eigenvalue weighted by Crippen LogP contribution is 2.30. The number of hydrogen-bond acceptors (Lipinski definition) is 7. The third-order valence-corrected chi connectivity index (χ3v) is 5.52. The molecule has 3 aromatic heterocycles. The molecule has 0 unspecified atom stereocenters. The van der Waals surface area contributed by atoms with Crippen LogP contribution in [0.2, 0.25) is 5.15 Å². The van der Waals surface area contributed by atoms with Gasteiger partial charge in [-0.25, -0.2) is 19.7 Å². The number of aromatic nitrogens is 4. The molecule has 10 heteroatoms. The van der Waals surface area contributed by atoms with Gasteiger partial charge in [0.25, 0.3) is 0 Å². The Bertz CT molecular complexity index is 1560. The smallest absolute Gasteiger partial charge is 0.356 e. The first-order valence-electron chi connectivity index (χ1n) is 10.2. The molecule has 0 saturated carbocycles. The van der Waals surface area contributed by atoms with E-state index in [-0.39, 0.29) is 22.1 Å². The number of halogens is 1. The molecule has 34 heavy (non-hydrogen) atoms. The fraction of sp³-hybridized carbons (Fsp3) is 0.167. The van der Waals surface area contributed by atoms with Crippen LogP contribution in [0.15, 0.2) is 47.4 Å². The van der Waals surface area contributed by atoms with Gasteiger partial charge < -0.3 is 15.0 Å². The van der Waals surface area contributed by atoms with Crippen LogP contribution in [0.4, 0.5) is 5.69 Å². The van der Waals surface area contributed by atoms with Crippen LogP contribution < -0.4 is 10.9 Å². The number of anilines is 1. The fourth-order valence-corrected chi connectivity index (χ4v) is 3.85. The quantitative estimate of drug-likeness (QED) is 0.413. The molecule has 0 aliphatic rings. The standard InChI is InChI=1S/C24H19ClN6O3/c1-12-8-15(13(2)27-16-5-6-19(25)29-23(16)24(33)34)22-17(9-12)28-18(10-26)21(30-22)14-4-7-20(32)31(3)11-14/h4-9,11,13,27H,1-3H3,(H,33,34)/t13-/m1/s1. The third kappa shape index (κ3) is 4.31. The molecule has 0 fully saturated rings. The Labute approximate surface area is 199 Å². The van der Waals surface area contributed by atoms with E-state index in [9.17, 15) is 20.0 Å². The Balaban J connectivity index is 1.88. The predicted molar refractivity (Wildman–Crippen MR) is 128 cm³/mol. The minimum Gasteiger partial charge on any atom is -0.476 e. The topological polar surface area (TPSA) is 134 Å². The zero-order chi connectivity index (χ0) is 24.6. The van der Waals surface area contributed by atoms with Crippen LogP contribution in [0.1, 0.15) is 40.3 Å². The zero-order valence-electron chi connectivity index (χ0n) is 18.5. The van der Waals surface area contributed by atoms with Gasteiger partial charge in [-0.1, -0.05) is 17.7 Å². The van der Waals surface area contributed by atoms with E-state index in [1.54, 1.807) is 25.4 Å². The molecule has 0 aliphatic heterocycles. The van der Waals surface area contributed by atoms with Crippen molar-refractivity contribution in [2.24, 2.45) is 7.05 Å². The summed E-state index contributed by atoms with van der Waals surface area (Å²) in [6.45, 7) is 3.76. The molecule has 1 aromatic carbocycles. The Hall–Kier alpha value is -4.29. The van der Waals surface area contributed by atoms with E-state index in [0.29, 0.717) is 28.0 Å². The molecule has 9 nitrogen and oxygen atoms in total. The van der Waals surface area contributed by atoms with E-state index >= 15 is 0 Å². The maximum absolute atomic E-state index is 11.8. The van der Waals surface area contributed by atoms with E-state index in [0.717, 1.165) is 11.1 Å². The van der Waals surface area contributed by atoms with Gasteiger partial charge in [0.05, 0.1) is 22.8 Å². The van der Waals surface area contributed by atoms with Gasteiger partial charge in [0, 0.05) is 30.4 Å². The largest absolute Gasteiger partial charge is 0.476 e. The van der Waals surface area contributed by atoms with Crippen molar-refractivity contribution in [1.82, 2.24) is 19.5 Å². The minimum absolute atomic E-state index is 0.0772. The highest BCUT2D eigenvalue weighted by Gasteiger charge is 2.20. The molecule has 4 aromatic rings. The normalized spacial score (nSPS) is 11.7. The highest BCUT2D eigenvalue weighted by atomic mass is 35.5. The summed E-state index contributed by atoms with van der Waals surface area (Å²) in [6.07, 6.45) is 1.60. The molecule has 4 rings (SSSR count). The first-order chi connectivity index (χ1) is 16.2. The lowest BCUT2D eigenvalue weighted by molar-refractivity contribution is 0.0691. The van der Waals surface area contributed by atoms with E-state index in [1.807, 2.05) is 26.0 Å². The van der Waals surface area contributed by atoms with E-state index in [2.05, 4.69) is 21.4 Å². The van der Waals surface area contributed by atoms with Crippen LogP contribution in [0.3, 0.4) is 0 Å². The third-order valence-electron chi connectivity index (χ3n) is 5.31. The molecule has 170 valence electrons. The van der Waals surface area contributed by atoms with Gasteiger partial charge in [-0.3, -0.25) is 4.79 Å². The number of carboxylic acid groups (broad SMARTS) is 1. The van der Waals surface area contributed by atoms with Gasteiger partial charge in [0.1, 0.15) is 16.9 Å². The summed E-state index contributed by atoms with van der Waals surface area (Å²) in [5.41, 5.74) is 3.72. The summed E-state index contributed by atoms with van der Waals surface area (Å²) in [4.78, 5) is 36.7. The van der Waals surface area contributed by atoms with Crippen molar-refractivity contribution in [2.75, 3.05) is 5.32 Å². The first kappa shape index (κ1) is 22.9. The molecule has 0 amide bonds. The molecular weight excluding hydrogens is 456 g/mol. The highest BCUT2D eigenvalue weighted by molar-refractivity contribution is 6.29. The molecule has 0 spiro atoms. The van der Waals surface area contributed by atoms with Crippen LogP contribution in [-0.2, 0) is 7.05 Å². The molecule has 1 atom stereocenters. The number of carboxylic acids is 1. The lowest BCUT2D eigenvalue weighted by atomic mass is 10.0. The van der Waals surface area contributed by atoms with Crippen molar-refractivity contribution >= 4 is 34.3 Å². The Kier molecular flexibility index (Phi) is 6.01. The van der Waals surface area contributed by atoms with Crippen LogP contribution in [0.5, 0.6) is 0 Å². The lowest BCUT2D eigenvalue weighted by Gasteiger charge is -2.19. The number of rotatable bonds is 5. The van der Waals surface area contributed by atoms with Crippen LogP contribution in [0.25, 0.3) is 22.3 Å². The van der Waals surface area contributed by atoms with Gasteiger partial charge in [-0.2, -0.15) is 5.26 Å². The van der Waals surface area contributed by atoms with E-state index in [4.69, 9.17) is 16.6 Å². The average Bonchev–Trinajstić information content (AvgIpc) is 2.80. The molecule has 3 heterocycles. The number of fused-ring (bicyclic) bond motifs is 1. The lowest BCUT2D eigenvalue weighted by Crippen LogP contribution is -2.15. The van der Waals surface area contributed by atoms with Crippen molar-refractivity contribution < 1.29 is 9.90 Å². The van der Waals surface area contributed by atoms with Crippen LogP contribution in [-0.4, -0.2) is 30.6 Å². The van der Waals surface area contributed by atoms with Gasteiger partial charge in [0.2, 0.25) is 5.56 Å². The Morgan fingerprint density at radius 3 is 2.65 bits per heavy atom. The molecule has 0 radical (unpaired) electrons. The second-order valence-corrected chi connectivity index (χ2v) is 8.21. The van der Waals surface area contributed by atoms with Gasteiger partial charge in [0.15, 0.2) is 11.4 Å². The van der Waals surface area contributed by atoms with Crippen LogP contribution in [0, 0.1) is 18.3 Å². The van der Waals surface area contributed by atoms with Gasteiger partial charge >= 0.3 is 5.97 Å². The van der Waals surface area contributed by atoms with Gasteiger partial charge in [-0.15, -0.1) is 0 Å². The number of nitrogens with one attached hydrogen (secondary N) is 1. The average molecular weight is 475 g/mol. The SMILES string of the molecule is Cc1cc([C@@H](C)Nc2ccc(Cl)nc2C(=O)O)c2nc(-c3ccc(=O)n(C)c3)c(C#N)nc2c1. The van der Waals surface area contributed by atoms with Crippen molar-refractivity contribution in [3.8, 4) is 17.3 Å². The zero-order valence-corrected chi connectivity index (χ0v) is 19.3. The number of benzene rings is 1. The van der Waals surface area contributed by atoms with Crippen LogP contribution >= 0.6 is 11.6 Å². The predicted octanol–water partition coefficient (Wildman–Crippen LogP) is 4.10. The van der Waals surface area contributed by atoms with Gasteiger partial charge in [-0.05, 0) is 43.7 Å². The fourth-order valence-electron chi connectivity index (χ4n) is 3.70. The molecule has 0 saturated heterocycles. The first-order valence-corrected chi connectivity index (χ1v) is 10.6. The molecular formula is C24H19ClN6O3. The second kappa shape index (κ2) is 8.92. The van der Waals surface area contributed by atoms with E-state index in [1.165, 1.54) is 16.7 Å². The summed E-state index contributed by atoms with van der Waals surface area (Å²) in [7, 11) is 1.62. The molecule has 0 bridgehead atoms. The number of aromatic carboxylic acids is 1. The number of pyridine rings is 2. The number of hydrogen-bond donors (Lipinski definition) is 2. The molecule has 0 aliphatic carbocycles. The number of nitriles is 1. The maximum Gasteiger partial charge on any atom is 0.356 e. The van der Waals surface area contributed by atoms with Crippen molar-refractivity contribution in [2.45, 2.75) is 19.9 Å². The second-order valence-electron chi connectivity index (χ2n) is 7.82. The summed E-state index contributed by atoms with van der Waals surface area (Å²) in [5, 5.41) is 22.5. The van der Waals surface area contributed by atoms with E-state index < -0.39 is 12.0 Å². The van der Waals surface area contributed by atoms with Crippen molar-refractivity contribution in [3.63, 3.8) is 0 Å². The molecule has 2 N–H and O–H groups in total. The number of carbonyl (C=O) groups is 1. The van der Waals surface area contributed by atoms with Crippen molar-refractivity contribution in [3.05, 3.63) is 80.6 Å². The number of nitrogens with zero attached hydrogens (tertiary/aromatic N) is 5. The minimum atomic E-state index is -1.21. The summed E-state index contributed by atoms with van der Waals surface area (Å²) < 4.78 is 1.41. The van der Waals surface area contributed by atoms with Crippen molar-refractivity contribution in [1.29, 1.82) is 5.26 Å². The maximum atomic E-state index is 11.8. The summed E-state index contributed by atoms with van der Waals surface area (Å²) in [6, 6.07) is 11.5. The summed E-state index contributed by atoms with van der Waals surface area (Å²) >= 11 is 5.87.